The largest absolute Gasteiger partial charge is 0.452 e. The number of anilines is 1. The van der Waals surface area contributed by atoms with Crippen LogP contribution >= 0.6 is 11.6 Å². The van der Waals surface area contributed by atoms with Crippen molar-refractivity contribution >= 4 is 34.9 Å². The minimum Gasteiger partial charge on any atom is -0.452 e. The SMILES string of the molecule is O=C(OCC(=O)N1CCN(c2cccc(Cl)c2)CC1)c1ccc([N+](=O)[O-])cc1. The Hall–Kier alpha value is -3.13. The number of esters is 1. The van der Waals surface area contributed by atoms with Crippen LogP contribution in [0.5, 0.6) is 0 Å². The number of nitro groups is 1. The number of carbonyl (C=O) groups excluding carboxylic acids is 2. The number of ether oxygens (including phenoxy) is 1. The first-order chi connectivity index (χ1) is 13.4. The van der Waals surface area contributed by atoms with E-state index in [1.165, 1.54) is 24.3 Å². The molecule has 0 unspecified atom stereocenters. The molecule has 9 heteroatoms. The number of amides is 1. The van der Waals surface area contributed by atoms with Gasteiger partial charge in [0.1, 0.15) is 0 Å². The van der Waals surface area contributed by atoms with E-state index in [0.717, 1.165) is 5.69 Å². The van der Waals surface area contributed by atoms with Gasteiger partial charge in [-0.25, -0.2) is 4.79 Å². The van der Waals surface area contributed by atoms with Crippen molar-refractivity contribution in [2.24, 2.45) is 0 Å². The van der Waals surface area contributed by atoms with Gasteiger partial charge < -0.3 is 14.5 Å². The maximum absolute atomic E-state index is 12.3. The van der Waals surface area contributed by atoms with Crippen LogP contribution in [0.15, 0.2) is 48.5 Å². The van der Waals surface area contributed by atoms with E-state index in [4.69, 9.17) is 16.3 Å². The highest BCUT2D eigenvalue weighted by Gasteiger charge is 2.22. The number of nitro benzene ring substituents is 1. The summed E-state index contributed by atoms with van der Waals surface area (Å²) in [7, 11) is 0. The summed E-state index contributed by atoms with van der Waals surface area (Å²) in [5.74, 6) is -0.971. The predicted molar refractivity (Wildman–Crippen MR) is 104 cm³/mol. The number of benzene rings is 2. The molecule has 0 N–H and O–H groups in total. The molecule has 2 aromatic rings. The molecule has 0 bridgehead atoms. The maximum Gasteiger partial charge on any atom is 0.338 e. The van der Waals surface area contributed by atoms with Gasteiger partial charge in [-0.3, -0.25) is 14.9 Å². The fourth-order valence-electron chi connectivity index (χ4n) is 2.91. The van der Waals surface area contributed by atoms with E-state index < -0.39 is 10.9 Å². The number of non-ortho nitro benzene ring substituents is 1. The summed E-state index contributed by atoms with van der Waals surface area (Å²) in [5, 5.41) is 11.3. The van der Waals surface area contributed by atoms with Crippen molar-refractivity contribution in [3.05, 3.63) is 69.2 Å². The average molecular weight is 404 g/mol. The Morgan fingerprint density at radius 3 is 2.36 bits per heavy atom. The van der Waals surface area contributed by atoms with E-state index in [9.17, 15) is 19.7 Å². The lowest BCUT2D eigenvalue weighted by Gasteiger charge is -2.36. The Morgan fingerprint density at radius 2 is 1.75 bits per heavy atom. The molecule has 8 nitrogen and oxygen atoms in total. The number of hydrogen-bond donors (Lipinski definition) is 0. The zero-order chi connectivity index (χ0) is 20.1. The molecule has 1 aliphatic rings. The molecule has 0 spiro atoms. The van der Waals surface area contributed by atoms with Gasteiger partial charge in [-0.05, 0) is 30.3 Å². The lowest BCUT2D eigenvalue weighted by Crippen LogP contribution is -2.49. The van der Waals surface area contributed by atoms with E-state index in [1.807, 2.05) is 24.3 Å². The lowest BCUT2D eigenvalue weighted by molar-refractivity contribution is -0.384. The van der Waals surface area contributed by atoms with Crippen molar-refractivity contribution in [2.75, 3.05) is 37.7 Å². The number of piperazine rings is 1. The predicted octanol–water partition coefficient (Wildman–Crippen LogP) is 2.75. The second-order valence-electron chi connectivity index (χ2n) is 6.23. The highest BCUT2D eigenvalue weighted by molar-refractivity contribution is 6.30. The molecule has 146 valence electrons. The molecular formula is C19H18ClN3O5. The number of carbonyl (C=O) groups is 2. The van der Waals surface area contributed by atoms with Crippen LogP contribution in [0, 0.1) is 10.1 Å². The van der Waals surface area contributed by atoms with Crippen molar-refractivity contribution in [1.82, 2.24) is 4.90 Å². The molecule has 0 atom stereocenters. The maximum atomic E-state index is 12.3. The molecule has 0 aromatic heterocycles. The van der Waals surface area contributed by atoms with E-state index in [0.29, 0.717) is 31.2 Å². The van der Waals surface area contributed by atoms with Crippen LogP contribution in [0.1, 0.15) is 10.4 Å². The van der Waals surface area contributed by atoms with E-state index in [2.05, 4.69) is 4.90 Å². The molecule has 1 saturated heterocycles. The minimum absolute atomic E-state index is 0.120. The van der Waals surface area contributed by atoms with Gasteiger partial charge in [-0.15, -0.1) is 0 Å². The fraction of sp³-hybridized carbons (Fsp3) is 0.263. The molecule has 1 amide bonds. The summed E-state index contributed by atoms with van der Waals surface area (Å²) in [6, 6.07) is 12.6. The third-order valence-corrected chi connectivity index (χ3v) is 4.68. The Labute approximate surface area is 166 Å². The average Bonchev–Trinajstić information content (AvgIpc) is 2.72. The Morgan fingerprint density at radius 1 is 1.07 bits per heavy atom. The van der Waals surface area contributed by atoms with Crippen LogP contribution in [0.4, 0.5) is 11.4 Å². The lowest BCUT2D eigenvalue weighted by atomic mass is 10.2. The van der Waals surface area contributed by atoms with Gasteiger partial charge in [0.05, 0.1) is 10.5 Å². The number of halogens is 1. The number of rotatable bonds is 5. The third-order valence-electron chi connectivity index (χ3n) is 4.45. The van der Waals surface area contributed by atoms with Gasteiger partial charge in [0.15, 0.2) is 6.61 Å². The summed E-state index contributed by atoms with van der Waals surface area (Å²) in [6.45, 7) is 1.97. The van der Waals surface area contributed by atoms with Crippen LogP contribution in [-0.4, -0.2) is 54.5 Å². The molecule has 0 radical (unpaired) electrons. The van der Waals surface area contributed by atoms with Gasteiger partial charge in [0.25, 0.3) is 11.6 Å². The molecule has 0 aliphatic carbocycles. The summed E-state index contributed by atoms with van der Waals surface area (Å²) >= 11 is 6.02. The molecule has 1 heterocycles. The number of hydrogen-bond acceptors (Lipinski definition) is 6. The summed E-state index contributed by atoms with van der Waals surface area (Å²) in [4.78, 5) is 38.2. The molecular weight excluding hydrogens is 386 g/mol. The molecule has 28 heavy (non-hydrogen) atoms. The zero-order valence-corrected chi connectivity index (χ0v) is 15.7. The third kappa shape index (κ3) is 4.77. The summed E-state index contributed by atoms with van der Waals surface area (Å²) in [5.41, 5.74) is 1.04. The Bertz CT molecular complexity index is 879. The zero-order valence-electron chi connectivity index (χ0n) is 14.9. The highest BCUT2D eigenvalue weighted by Crippen LogP contribution is 2.21. The van der Waals surface area contributed by atoms with Crippen LogP contribution in [-0.2, 0) is 9.53 Å². The standard InChI is InChI=1S/C19H18ClN3O5/c20-15-2-1-3-17(12-15)21-8-10-22(11-9-21)18(24)13-28-19(25)14-4-6-16(7-5-14)23(26)27/h1-7,12H,8-11,13H2. The first-order valence-electron chi connectivity index (χ1n) is 8.64. The molecule has 1 aliphatic heterocycles. The van der Waals surface area contributed by atoms with Crippen molar-refractivity contribution in [3.8, 4) is 0 Å². The van der Waals surface area contributed by atoms with Crippen molar-refractivity contribution in [1.29, 1.82) is 0 Å². The second-order valence-corrected chi connectivity index (χ2v) is 6.66. The van der Waals surface area contributed by atoms with Crippen LogP contribution < -0.4 is 4.90 Å². The van der Waals surface area contributed by atoms with Crippen molar-refractivity contribution in [2.45, 2.75) is 0 Å². The van der Waals surface area contributed by atoms with Crippen molar-refractivity contribution in [3.63, 3.8) is 0 Å². The van der Waals surface area contributed by atoms with Crippen LogP contribution in [0.2, 0.25) is 5.02 Å². The molecule has 2 aromatic carbocycles. The van der Waals surface area contributed by atoms with Crippen molar-refractivity contribution < 1.29 is 19.2 Å². The molecule has 3 rings (SSSR count). The topological polar surface area (TPSA) is 93.0 Å². The highest BCUT2D eigenvalue weighted by atomic mass is 35.5. The van der Waals surface area contributed by atoms with E-state index in [-0.39, 0.29) is 23.8 Å². The van der Waals surface area contributed by atoms with E-state index in [1.54, 1.807) is 4.90 Å². The van der Waals surface area contributed by atoms with Gasteiger partial charge in [-0.2, -0.15) is 0 Å². The quantitative estimate of drug-likeness (QED) is 0.433. The Kier molecular flexibility index (Phi) is 6.10. The normalized spacial score (nSPS) is 13.9. The van der Waals surface area contributed by atoms with Crippen LogP contribution in [0.3, 0.4) is 0 Å². The molecule has 0 saturated carbocycles. The van der Waals surface area contributed by atoms with Gasteiger partial charge >= 0.3 is 5.97 Å². The smallest absolute Gasteiger partial charge is 0.338 e. The number of nitrogens with zero attached hydrogens (tertiary/aromatic N) is 3. The first-order valence-corrected chi connectivity index (χ1v) is 9.02. The molecule has 1 fully saturated rings. The monoisotopic (exact) mass is 403 g/mol. The van der Waals surface area contributed by atoms with E-state index >= 15 is 0 Å². The summed E-state index contributed by atoms with van der Waals surface area (Å²) < 4.78 is 5.04. The van der Waals surface area contributed by atoms with Gasteiger partial charge in [0, 0.05) is 49.0 Å². The fourth-order valence-corrected chi connectivity index (χ4v) is 3.09. The Balaban J connectivity index is 1.48. The van der Waals surface area contributed by atoms with Gasteiger partial charge in [0.2, 0.25) is 0 Å². The first kappa shape index (κ1) is 19.6. The minimum atomic E-state index is -0.694. The summed E-state index contributed by atoms with van der Waals surface area (Å²) in [6.07, 6.45) is 0. The second kappa shape index (κ2) is 8.71. The van der Waals surface area contributed by atoms with Gasteiger partial charge in [-0.1, -0.05) is 17.7 Å². The van der Waals surface area contributed by atoms with Crippen LogP contribution in [0.25, 0.3) is 0 Å².